The van der Waals surface area contributed by atoms with Crippen LogP contribution in [0.3, 0.4) is 0 Å². The Morgan fingerprint density at radius 3 is 2.39 bits per heavy atom. The van der Waals surface area contributed by atoms with Crippen LogP contribution >= 0.6 is 11.6 Å². The lowest BCUT2D eigenvalue weighted by molar-refractivity contribution is -0.118. The molecule has 18 heavy (non-hydrogen) atoms. The van der Waals surface area contributed by atoms with Crippen molar-refractivity contribution in [1.29, 1.82) is 0 Å². The van der Waals surface area contributed by atoms with Gasteiger partial charge in [-0.05, 0) is 10.8 Å². The van der Waals surface area contributed by atoms with Crippen molar-refractivity contribution in [3.05, 3.63) is 21.6 Å². The van der Waals surface area contributed by atoms with E-state index in [-0.39, 0.29) is 33.6 Å². The normalized spacial score (nSPS) is 20.5. The summed E-state index contributed by atoms with van der Waals surface area (Å²) < 4.78 is 0. The van der Waals surface area contributed by atoms with E-state index >= 15 is 0 Å². The average molecular weight is 270 g/mol. The molecule has 0 spiro atoms. The van der Waals surface area contributed by atoms with Gasteiger partial charge in [-0.25, -0.2) is 4.98 Å². The van der Waals surface area contributed by atoms with Crippen molar-refractivity contribution in [2.45, 2.75) is 27.7 Å². The summed E-state index contributed by atoms with van der Waals surface area (Å²) in [6.45, 7) is 8.20. The third-order valence-corrected chi connectivity index (χ3v) is 4.55. The van der Waals surface area contributed by atoms with Gasteiger partial charge in [-0.1, -0.05) is 39.3 Å². The predicted octanol–water partition coefficient (Wildman–Crippen LogP) is 2.04. The lowest BCUT2D eigenvalue weighted by atomic mass is 10.0. The fourth-order valence-corrected chi connectivity index (χ4v) is 2.58. The number of H-pyrrole nitrogens is 1. The van der Waals surface area contributed by atoms with Crippen LogP contribution in [0.5, 0.6) is 0 Å². The van der Waals surface area contributed by atoms with E-state index in [0.717, 1.165) is 0 Å². The Balaban J connectivity index is 2.14. The topological polar surface area (TPSA) is 74.8 Å². The standard InChI is InChI=1S/C12H16ClN3O2/c1-11(2)7(12(11,3)4)9(18)16-10-14-5-6(13)8(17)15-10/h5,7H,1-4H3,(H2,14,15,16,17,18). The van der Waals surface area contributed by atoms with E-state index < -0.39 is 5.56 Å². The number of carbonyl (C=O) groups excluding carboxylic acids is 1. The molecular weight excluding hydrogens is 254 g/mol. The molecule has 5 nitrogen and oxygen atoms in total. The van der Waals surface area contributed by atoms with Crippen molar-refractivity contribution in [3.63, 3.8) is 0 Å². The van der Waals surface area contributed by atoms with Crippen LogP contribution in [0.2, 0.25) is 5.02 Å². The van der Waals surface area contributed by atoms with Gasteiger partial charge in [-0.3, -0.25) is 19.9 Å². The number of aromatic nitrogens is 2. The molecule has 0 aliphatic heterocycles. The largest absolute Gasteiger partial charge is 0.296 e. The molecule has 6 heteroatoms. The summed E-state index contributed by atoms with van der Waals surface area (Å²) in [5.74, 6) is -0.0886. The van der Waals surface area contributed by atoms with Gasteiger partial charge >= 0.3 is 0 Å². The third-order valence-electron chi connectivity index (χ3n) is 4.28. The first-order valence-corrected chi connectivity index (χ1v) is 6.11. The summed E-state index contributed by atoms with van der Waals surface area (Å²) in [6.07, 6.45) is 1.22. The Labute approximate surface area is 110 Å². The highest BCUT2D eigenvalue weighted by atomic mass is 35.5. The highest BCUT2D eigenvalue weighted by molar-refractivity contribution is 6.30. The van der Waals surface area contributed by atoms with Crippen molar-refractivity contribution in [2.75, 3.05) is 5.32 Å². The highest BCUT2D eigenvalue weighted by Gasteiger charge is 2.68. The maximum absolute atomic E-state index is 12.1. The van der Waals surface area contributed by atoms with Crippen LogP contribution in [-0.4, -0.2) is 15.9 Å². The quantitative estimate of drug-likeness (QED) is 0.863. The Hall–Kier alpha value is -1.36. The SMILES string of the molecule is CC1(C)C(C(=O)Nc2ncc(Cl)c(=O)[nH]2)C1(C)C. The minimum atomic E-state index is -0.462. The number of amides is 1. The Morgan fingerprint density at radius 2 is 1.94 bits per heavy atom. The summed E-state index contributed by atoms with van der Waals surface area (Å²) in [7, 11) is 0. The van der Waals surface area contributed by atoms with E-state index in [4.69, 9.17) is 11.6 Å². The number of nitrogens with zero attached hydrogens (tertiary/aromatic N) is 1. The minimum absolute atomic E-state index is 0.0000747. The first-order valence-electron chi connectivity index (χ1n) is 5.73. The van der Waals surface area contributed by atoms with Gasteiger partial charge in [0.2, 0.25) is 11.9 Å². The summed E-state index contributed by atoms with van der Waals surface area (Å²) in [6, 6.07) is 0. The van der Waals surface area contributed by atoms with E-state index in [0.29, 0.717) is 0 Å². The third kappa shape index (κ3) is 1.82. The molecule has 0 unspecified atom stereocenters. The molecular formula is C12H16ClN3O2. The van der Waals surface area contributed by atoms with Crippen LogP contribution in [0.4, 0.5) is 5.95 Å². The number of aromatic amines is 1. The van der Waals surface area contributed by atoms with Crippen LogP contribution in [-0.2, 0) is 4.79 Å². The number of carbonyl (C=O) groups is 1. The zero-order chi connectivity index (χ0) is 13.7. The minimum Gasteiger partial charge on any atom is -0.296 e. The van der Waals surface area contributed by atoms with Crippen molar-refractivity contribution in [1.82, 2.24) is 9.97 Å². The van der Waals surface area contributed by atoms with Crippen molar-refractivity contribution in [2.24, 2.45) is 16.7 Å². The molecule has 1 fully saturated rings. The number of hydrogen-bond acceptors (Lipinski definition) is 3. The number of halogens is 1. The second kappa shape index (κ2) is 3.82. The van der Waals surface area contributed by atoms with Gasteiger partial charge in [0.15, 0.2) is 0 Å². The number of anilines is 1. The molecule has 2 N–H and O–H groups in total. The van der Waals surface area contributed by atoms with Crippen LogP contribution in [0.25, 0.3) is 0 Å². The monoisotopic (exact) mass is 269 g/mol. The average Bonchev–Trinajstić information content (AvgIpc) is 2.63. The maximum atomic E-state index is 12.1. The van der Waals surface area contributed by atoms with Crippen molar-refractivity contribution in [3.8, 4) is 0 Å². The molecule has 1 aliphatic carbocycles. The molecule has 0 saturated heterocycles. The smallest absolute Gasteiger partial charge is 0.271 e. The van der Waals surface area contributed by atoms with Gasteiger partial charge in [-0.2, -0.15) is 0 Å². The molecule has 0 bridgehead atoms. The van der Waals surface area contributed by atoms with Crippen molar-refractivity contribution < 1.29 is 4.79 Å². The molecule has 1 aliphatic rings. The summed E-state index contributed by atoms with van der Waals surface area (Å²) in [5, 5.41) is 2.62. The zero-order valence-corrected chi connectivity index (χ0v) is 11.6. The van der Waals surface area contributed by atoms with Crippen LogP contribution in [0, 0.1) is 16.7 Å². The summed E-state index contributed by atoms with van der Waals surface area (Å²) >= 11 is 5.56. The van der Waals surface area contributed by atoms with Gasteiger partial charge in [0.25, 0.3) is 5.56 Å². The molecule has 1 heterocycles. The lowest BCUT2D eigenvalue weighted by Gasteiger charge is -2.04. The predicted molar refractivity (Wildman–Crippen MR) is 69.5 cm³/mol. The van der Waals surface area contributed by atoms with Crippen LogP contribution in [0.15, 0.2) is 11.0 Å². The second-order valence-electron chi connectivity index (χ2n) is 5.77. The zero-order valence-electron chi connectivity index (χ0n) is 10.8. The highest BCUT2D eigenvalue weighted by Crippen LogP contribution is 2.68. The van der Waals surface area contributed by atoms with Gasteiger partial charge in [-0.15, -0.1) is 0 Å². The van der Waals surface area contributed by atoms with Gasteiger partial charge in [0.1, 0.15) is 5.02 Å². The molecule has 0 aromatic carbocycles. The fourth-order valence-electron chi connectivity index (χ4n) is 2.48. The van der Waals surface area contributed by atoms with E-state index in [1.165, 1.54) is 6.20 Å². The number of nitrogens with one attached hydrogen (secondary N) is 2. The molecule has 1 saturated carbocycles. The first kappa shape index (κ1) is 13.1. The molecule has 2 rings (SSSR count). The molecule has 0 radical (unpaired) electrons. The van der Waals surface area contributed by atoms with E-state index in [1.807, 2.05) is 0 Å². The van der Waals surface area contributed by atoms with Gasteiger partial charge in [0.05, 0.1) is 6.20 Å². The summed E-state index contributed by atoms with van der Waals surface area (Å²) in [4.78, 5) is 29.7. The maximum Gasteiger partial charge on any atom is 0.271 e. The van der Waals surface area contributed by atoms with Crippen molar-refractivity contribution >= 4 is 23.5 Å². The second-order valence-corrected chi connectivity index (χ2v) is 6.18. The molecule has 1 aromatic heterocycles. The summed E-state index contributed by atoms with van der Waals surface area (Å²) in [5.41, 5.74) is -0.565. The molecule has 1 aromatic rings. The van der Waals surface area contributed by atoms with E-state index in [9.17, 15) is 9.59 Å². The van der Waals surface area contributed by atoms with Crippen LogP contribution in [0.1, 0.15) is 27.7 Å². The molecule has 1 amide bonds. The first-order chi connectivity index (χ1) is 8.18. The van der Waals surface area contributed by atoms with Crippen LogP contribution < -0.4 is 10.9 Å². The van der Waals surface area contributed by atoms with E-state index in [1.54, 1.807) is 0 Å². The molecule has 0 atom stereocenters. The Morgan fingerprint density at radius 1 is 1.39 bits per heavy atom. The number of hydrogen-bond donors (Lipinski definition) is 2. The number of rotatable bonds is 2. The fraction of sp³-hybridized carbons (Fsp3) is 0.583. The van der Waals surface area contributed by atoms with Gasteiger partial charge < -0.3 is 0 Å². The molecule has 98 valence electrons. The Bertz CT molecular complexity index is 549. The van der Waals surface area contributed by atoms with E-state index in [2.05, 4.69) is 43.0 Å². The Kier molecular flexibility index (Phi) is 2.77. The lowest BCUT2D eigenvalue weighted by Crippen LogP contribution is -2.21. The van der Waals surface area contributed by atoms with Gasteiger partial charge in [0, 0.05) is 5.92 Å².